The molecule has 7 nitrogen and oxygen atoms in total. The SMILES string of the molecule is Cn1c(=O)ccn(CC(=O)NC(C)(C)CO)c1=O. The number of nitrogens with zero attached hydrogens (tertiary/aromatic N) is 2. The van der Waals surface area contributed by atoms with Crippen molar-refractivity contribution in [3.63, 3.8) is 0 Å². The first-order valence-corrected chi connectivity index (χ1v) is 5.45. The Morgan fingerprint density at radius 1 is 1.44 bits per heavy atom. The van der Waals surface area contributed by atoms with E-state index in [4.69, 9.17) is 5.11 Å². The number of aliphatic hydroxyl groups excluding tert-OH is 1. The van der Waals surface area contributed by atoms with Crippen molar-refractivity contribution in [1.29, 1.82) is 0 Å². The predicted molar refractivity (Wildman–Crippen MR) is 65.3 cm³/mol. The Morgan fingerprint density at radius 3 is 2.61 bits per heavy atom. The fraction of sp³-hybridized carbons (Fsp3) is 0.545. The van der Waals surface area contributed by atoms with Crippen LogP contribution in [0.15, 0.2) is 21.9 Å². The third-order valence-corrected chi connectivity index (χ3v) is 2.45. The minimum absolute atomic E-state index is 0.198. The minimum Gasteiger partial charge on any atom is -0.394 e. The molecular formula is C11H17N3O4. The molecule has 1 aromatic heterocycles. The van der Waals surface area contributed by atoms with Gasteiger partial charge in [0.1, 0.15) is 6.54 Å². The lowest BCUT2D eigenvalue weighted by Crippen LogP contribution is -2.49. The summed E-state index contributed by atoms with van der Waals surface area (Å²) in [6.07, 6.45) is 1.27. The topological polar surface area (TPSA) is 93.3 Å². The number of hydrogen-bond acceptors (Lipinski definition) is 4. The molecule has 0 bridgehead atoms. The maximum Gasteiger partial charge on any atom is 0.331 e. The highest BCUT2D eigenvalue weighted by molar-refractivity contribution is 5.76. The van der Waals surface area contributed by atoms with Gasteiger partial charge >= 0.3 is 5.69 Å². The van der Waals surface area contributed by atoms with Crippen molar-refractivity contribution in [2.24, 2.45) is 7.05 Å². The molecule has 0 radical (unpaired) electrons. The summed E-state index contributed by atoms with van der Waals surface area (Å²) >= 11 is 0. The Labute approximate surface area is 104 Å². The van der Waals surface area contributed by atoms with Gasteiger partial charge in [-0.3, -0.25) is 18.7 Å². The van der Waals surface area contributed by atoms with Crippen molar-refractivity contribution in [1.82, 2.24) is 14.5 Å². The normalized spacial score (nSPS) is 11.3. The number of nitrogens with one attached hydrogen (secondary N) is 1. The van der Waals surface area contributed by atoms with E-state index in [2.05, 4.69) is 5.32 Å². The second-order valence-electron chi connectivity index (χ2n) is 4.71. The Bertz CT molecular complexity index is 556. The highest BCUT2D eigenvalue weighted by Crippen LogP contribution is 1.99. The summed E-state index contributed by atoms with van der Waals surface area (Å²) < 4.78 is 2.05. The average Bonchev–Trinajstić information content (AvgIpc) is 2.29. The van der Waals surface area contributed by atoms with Gasteiger partial charge < -0.3 is 10.4 Å². The van der Waals surface area contributed by atoms with Gasteiger partial charge in [-0.25, -0.2) is 4.79 Å². The van der Waals surface area contributed by atoms with Gasteiger partial charge in [0.25, 0.3) is 5.56 Å². The standard InChI is InChI=1S/C11H17N3O4/c1-11(2,7-15)12-8(16)6-14-5-4-9(17)13(3)10(14)18/h4-5,15H,6-7H2,1-3H3,(H,12,16). The van der Waals surface area contributed by atoms with Crippen LogP contribution in [0.1, 0.15) is 13.8 Å². The lowest BCUT2D eigenvalue weighted by atomic mass is 10.1. The number of amides is 1. The summed E-state index contributed by atoms with van der Waals surface area (Å²) in [6.45, 7) is 2.92. The molecule has 0 saturated carbocycles. The quantitative estimate of drug-likeness (QED) is 0.680. The summed E-state index contributed by atoms with van der Waals surface area (Å²) in [5.41, 5.74) is -1.73. The van der Waals surface area contributed by atoms with Crippen LogP contribution < -0.4 is 16.6 Å². The molecule has 0 unspecified atom stereocenters. The zero-order chi connectivity index (χ0) is 13.9. The average molecular weight is 255 g/mol. The van der Waals surface area contributed by atoms with Crippen LogP contribution in [0.4, 0.5) is 0 Å². The van der Waals surface area contributed by atoms with E-state index in [1.807, 2.05) is 0 Å². The monoisotopic (exact) mass is 255 g/mol. The number of carbonyl (C=O) groups excluding carboxylic acids is 1. The Balaban J connectivity index is 2.87. The molecule has 1 rings (SSSR count). The molecule has 18 heavy (non-hydrogen) atoms. The zero-order valence-electron chi connectivity index (χ0n) is 10.6. The third-order valence-electron chi connectivity index (χ3n) is 2.45. The van der Waals surface area contributed by atoms with Crippen LogP contribution in [0.5, 0.6) is 0 Å². The van der Waals surface area contributed by atoms with Gasteiger partial charge in [0.2, 0.25) is 5.91 Å². The van der Waals surface area contributed by atoms with E-state index in [-0.39, 0.29) is 13.2 Å². The van der Waals surface area contributed by atoms with E-state index < -0.39 is 22.7 Å². The summed E-state index contributed by atoms with van der Waals surface area (Å²) in [4.78, 5) is 34.5. The maximum atomic E-state index is 11.7. The smallest absolute Gasteiger partial charge is 0.331 e. The van der Waals surface area contributed by atoms with Crippen LogP contribution in [0.25, 0.3) is 0 Å². The highest BCUT2D eigenvalue weighted by atomic mass is 16.3. The van der Waals surface area contributed by atoms with Crippen molar-refractivity contribution < 1.29 is 9.90 Å². The number of aromatic nitrogens is 2. The summed E-state index contributed by atoms with van der Waals surface area (Å²) in [5, 5.41) is 11.6. The van der Waals surface area contributed by atoms with Crippen molar-refractivity contribution in [2.75, 3.05) is 6.61 Å². The van der Waals surface area contributed by atoms with E-state index in [0.717, 1.165) is 9.13 Å². The second kappa shape index (κ2) is 5.18. The number of aliphatic hydroxyl groups is 1. The fourth-order valence-electron chi connectivity index (χ4n) is 1.35. The van der Waals surface area contributed by atoms with Gasteiger partial charge in [-0.05, 0) is 13.8 Å². The van der Waals surface area contributed by atoms with Gasteiger partial charge in [-0.2, -0.15) is 0 Å². The molecule has 0 aliphatic rings. The summed E-state index contributed by atoms with van der Waals surface area (Å²) in [6, 6.07) is 1.21. The Kier molecular flexibility index (Phi) is 4.07. The molecule has 0 saturated heterocycles. The van der Waals surface area contributed by atoms with E-state index in [1.165, 1.54) is 19.3 Å². The maximum absolute atomic E-state index is 11.7. The molecule has 0 aliphatic carbocycles. The third kappa shape index (κ3) is 3.30. The van der Waals surface area contributed by atoms with Crippen molar-refractivity contribution in [3.05, 3.63) is 33.1 Å². The van der Waals surface area contributed by atoms with Gasteiger partial charge in [0, 0.05) is 19.3 Å². The molecule has 1 aromatic rings. The number of hydrogen-bond donors (Lipinski definition) is 2. The Hall–Kier alpha value is -1.89. The minimum atomic E-state index is -0.749. The molecule has 0 spiro atoms. The van der Waals surface area contributed by atoms with Crippen LogP contribution in [-0.4, -0.2) is 32.3 Å². The summed E-state index contributed by atoms with van der Waals surface area (Å²) in [5.74, 6) is -0.408. The highest BCUT2D eigenvalue weighted by Gasteiger charge is 2.19. The van der Waals surface area contributed by atoms with E-state index in [0.29, 0.717) is 0 Å². The lowest BCUT2D eigenvalue weighted by molar-refractivity contribution is -0.123. The van der Waals surface area contributed by atoms with E-state index in [9.17, 15) is 14.4 Å². The van der Waals surface area contributed by atoms with Crippen molar-refractivity contribution in [2.45, 2.75) is 25.9 Å². The van der Waals surface area contributed by atoms with Crippen LogP contribution in [0, 0.1) is 0 Å². The molecule has 0 fully saturated rings. The number of rotatable bonds is 4. The first-order valence-electron chi connectivity index (χ1n) is 5.45. The van der Waals surface area contributed by atoms with Crippen LogP contribution in [-0.2, 0) is 18.4 Å². The summed E-state index contributed by atoms with van der Waals surface area (Å²) in [7, 11) is 1.34. The molecule has 1 amide bonds. The Morgan fingerprint density at radius 2 is 2.06 bits per heavy atom. The fourth-order valence-corrected chi connectivity index (χ4v) is 1.35. The van der Waals surface area contributed by atoms with Crippen molar-refractivity contribution >= 4 is 5.91 Å². The van der Waals surface area contributed by atoms with Gasteiger partial charge in [0.05, 0.1) is 12.1 Å². The molecule has 2 N–H and O–H groups in total. The van der Waals surface area contributed by atoms with E-state index >= 15 is 0 Å². The lowest BCUT2D eigenvalue weighted by Gasteiger charge is -2.23. The molecule has 100 valence electrons. The predicted octanol–water partition coefficient (Wildman–Crippen LogP) is -1.57. The van der Waals surface area contributed by atoms with Gasteiger partial charge in [-0.1, -0.05) is 0 Å². The zero-order valence-corrected chi connectivity index (χ0v) is 10.6. The molecule has 7 heteroatoms. The van der Waals surface area contributed by atoms with Gasteiger partial charge in [-0.15, -0.1) is 0 Å². The molecular weight excluding hydrogens is 238 g/mol. The molecule has 1 heterocycles. The van der Waals surface area contributed by atoms with E-state index in [1.54, 1.807) is 13.8 Å². The molecule has 0 aliphatic heterocycles. The van der Waals surface area contributed by atoms with Crippen LogP contribution >= 0.6 is 0 Å². The number of carbonyl (C=O) groups is 1. The van der Waals surface area contributed by atoms with Gasteiger partial charge in [0.15, 0.2) is 0 Å². The first kappa shape index (κ1) is 14.2. The van der Waals surface area contributed by atoms with Crippen LogP contribution in [0.3, 0.4) is 0 Å². The second-order valence-corrected chi connectivity index (χ2v) is 4.71. The molecule has 0 aromatic carbocycles. The largest absolute Gasteiger partial charge is 0.394 e. The molecule has 0 atom stereocenters. The van der Waals surface area contributed by atoms with Crippen LogP contribution in [0.2, 0.25) is 0 Å². The first-order chi connectivity index (χ1) is 8.26. The van der Waals surface area contributed by atoms with Crippen molar-refractivity contribution in [3.8, 4) is 0 Å².